The van der Waals surface area contributed by atoms with E-state index in [1.54, 1.807) is 24.9 Å². The smallest absolute Gasteiger partial charge is 0.147 e. The van der Waals surface area contributed by atoms with E-state index in [-0.39, 0.29) is 0 Å². The molecule has 0 unspecified atom stereocenters. The van der Waals surface area contributed by atoms with E-state index in [9.17, 15) is 0 Å². The van der Waals surface area contributed by atoms with Crippen LogP contribution in [0.4, 0.5) is 0 Å². The zero-order chi connectivity index (χ0) is 8.67. The summed E-state index contributed by atoms with van der Waals surface area (Å²) in [6.45, 7) is 0. The summed E-state index contributed by atoms with van der Waals surface area (Å²) in [5, 5.41) is 1.03. The maximum absolute atomic E-state index is 4.24. The molecule has 4 nitrogen and oxygen atoms in total. The third-order valence-corrected chi connectivity index (χ3v) is 2.03. The lowest BCUT2D eigenvalue weighted by atomic mass is 10.3. The van der Waals surface area contributed by atoms with Crippen LogP contribution in [0, 0.1) is 0 Å². The number of aromatic nitrogens is 4. The third-order valence-electron chi connectivity index (χ3n) is 2.03. The summed E-state index contributed by atoms with van der Waals surface area (Å²) >= 11 is 0. The molecule has 3 heterocycles. The fourth-order valence-corrected chi connectivity index (χ4v) is 1.42. The van der Waals surface area contributed by atoms with Gasteiger partial charge in [-0.3, -0.25) is 9.38 Å². The SMILES string of the molecule is c1cc2c(cn1)ncn1ccnc21. The highest BCUT2D eigenvalue weighted by molar-refractivity contribution is 5.90. The van der Waals surface area contributed by atoms with Gasteiger partial charge in [0.25, 0.3) is 0 Å². The Morgan fingerprint density at radius 1 is 1.15 bits per heavy atom. The van der Waals surface area contributed by atoms with E-state index < -0.39 is 0 Å². The molecule has 0 amide bonds. The Morgan fingerprint density at radius 2 is 2.15 bits per heavy atom. The summed E-state index contributed by atoms with van der Waals surface area (Å²) in [4.78, 5) is 12.5. The van der Waals surface area contributed by atoms with Gasteiger partial charge in [-0.2, -0.15) is 0 Å². The first kappa shape index (κ1) is 6.54. The predicted molar refractivity (Wildman–Crippen MR) is 48.3 cm³/mol. The van der Waals surface area contributed by atoms with Crippen molar-refractivity contribution in [2.75, 3.05) is 0 Å². The van der Waals surface area contributed by atoms with Crippen LogP contribution in [0.25, 0.3) is 16.6 Å². The number of hydrogen-bond donors (Lipinski definition) is 0. The number of hydrogen-bond acceptors (Lipinski definition) is 3. The summed E-state index contributed by atoms with van der Waals surface area (Å²) in [6, 6.07) is 1.92. The molecule has 13 heavy (non-hydrogen) atoms. The largest absolute Gasteiger partial charge is 0.290 e. The van der Waals surface area contributed by atoms with E-state index in [4.69, 9.17) is 0 Å². The molecule has 0 N–H and O–H groups in total. The molecule has 62 valence electrons. The number of nitrogens with zero attached hydrogens (tertiary/aromatic N) is 4. The van der Waals surface area contributed by atoms with Crippen molar-refractivity contribution in [1.82, 2.24) is 19.4 Å². The molecule has 0 saturated heterocycles. The molecule has 0 fully saturated rings. The molecular weight excluding hydrogens is 164 g/mol. The molecule has 3 aromatic rings. The lowest BCUT2D eigenvalue weighted by Gasteiger charge is -1.97. The molecule has 0 bridgehead atoms. The van der Waals surface area contributed by atoms with Crippen molar-refractivity contribution in [3.63, 3.8) is 0 Å². The fourth-order valence-electron chi connectivity index (χ4n) is 1.42. The molecule has 0 aliphatic carbocycles. The van der Waals surface area contributed by atoms with Gasteiger partial charge in [-0.25, -0.2) is 9.97 Å². The Kier molecular flexibility index (Phi) is 1.14. The van der Waals surface area contributed by atoms with Crippen LogP contribution in [-0.2, 0) is 0 Å². The fraction of sp³-hybridized carbons (Fsp3) is 0. The Hall–Kier alpha value is -1.97. The van der Waals surface area contributed by atoms with E-state index in [0.717, 1.165) is 16.6 Å². The van der Waals surface area contributed by atoms with Crippen molar-refractivity contribution in [2.45, 2.75) is 0 Å². The molecule has 0 spiro atoms. The second-order valence-corrected chi connectivity index (χ2v) is 2.80. The Labute approximate surface area is 73.9 Å². The normalized spacial score (nSPS) is 11.1. The second kappa shape index (κ2) is 2.26. The molecule has 0 aromatic carbocycles. The lowest BCUT2D eigenvalue weighted by molar-refractivity contribution is 1.11. The minimum Gasteiger partial charge on any atom is -0.290 e. The van der Waals surface area contributed by atoms with Gasteiger partial charge in [-0.1, -0.05) is 0 Å². The molecule has 3 aromatic heterocycles. The van der Waals surface area contributed by atoms with Crippen molar-refractivity contribution < 1.29 is 0 Å². The minimum absolute atomic E-state index is 0.876. The van der Waals surface area contributed by atoms with Crippen molar-refractivity contribution in [2.24, 2.45) is 0 Å². The average Bonchev–Trinajstić information content (AvgIpc) is 2.65. The van der Waals surface area contributed by atoms with Gasteiger partial charge in [0.15, 0.2) is 0 Å². The average molecular weight is 170 g/mol. The van der Waals surface area contributed by atoms with E-state index in [1.807, 2.05) is 16.7 Å². The first-order chi connectivity index (χ1) is 6.45. The second-order valence-electron chi connectivity index (χ2n) is 2.80. The highest BCUT2D eigenvalue weighted by Crippen LogP contribution is 2.13. The highest BCUT2D eigenvalue weighted by atomic mass is 15.0. The van der Waals surface area contributed by atoms with Crippen LogP contribution in [0.2, 0.25) is 0 Å². The zero-order valence-corrected chi connectivity index (χ0v) is 6.75. The van der Waals surface area contributed by atoms with Gasteiger partial charge < -0.3 is 0 Å². The zero-order valence-electron chi connectivity index (χ0n) is 6.75. The lowest BCUT2D eigenvalue weighted by Crippen LogP contribution is -1.88. The van der Waals surface area contributed by atoms with Gasteiger partial charge in [-0.15, -0.1) is 0 Å². The van der Waals surface area contributed by atoms with E-state index in [2.05, 4.69) is 15.0 Å². The van der Waals surface area contributed by atoms with Crippen LogP contribution in [0.1, 0.15) is 0 Å². The maximum Gasteiger partial charge on any atom is 0.147 e. The molecule has 0 aliphatic rings. The molecule has 3 rings (SSSR count). The standard InChI is InChI=1S/C9H6N4/c1-2-10-5-8-7(1)9-11-3-4-13(9)6-12-8/h1-6H. The van der Waals surface area contributed by atoms with E-state index >= 15 is 0 Å². The minimum atomic E-state index is 0.876. The van der Waals surface area contributed by atoms with Crippen LogP contribution in [0.5, 0.6) is 0 Å². The van der Waals surface area contributed by atoms with Crippen molar-refractivity contribution in [1.29, 1.82) is 0 Å². The van der Waals surface area contributed by atoms with Crippen LogP contribution < -0.4 is 0 Å². The topological polar surface area (TPSA) is 43.1 Å². The van der Waals surface area contributed by atoms with E-state index in [0.29, 0.717) is 0 Å². The molecular formula is C9H6N4. The van der Waals surface area contributed by atoms with Crippen molar-refractivity contribution in [3.8, 4) is 0 Å². The first-order valence-corrected chi connectivity index (χ1v) is 3.96. The summed E-state index contributed by atoms with van der Waals surface area (Å²) in [7, 11) is 0. The number of imidazole rings is 1. The molecule has 4 heteroatoms. The molecule has 0 aliphatic heterocycles. The summed E-state index contributed by atoms with van der Waals surface area (Å²) in [5.74, 6) is 0. The van der Waals surface area contributed by atoms with E-state index in [1.165, 1.54) is 0 Å². The molecule has 0 atom stereocenters. The van der Waals surface area contributed by atoms with Crippen LogP contribution in [-0.4, -0.2) is 19.4 Å². The van der Waals surface area contributed by atoms with Crippen LogP contribution in [0.15, 0.2) is 37.2 Å². The van der Waals surface area contributed by atoms with Gasteiger partial charge in [0.1, 0.15) is 12.0 Å². The first-order valence-electron chi connectivity index (χ1n) is 3.96. The van der Waals surface area contributed by atoms with Gasteiger partial charge >= 0.3 is 0 Å². The third kappa shape index (κ3) is 0.823. The van der Waals surface area contributed by atoms with Crippen LogP contribution >= 0.6 is 0 Å². The Morgan fingerprint density at radius 3 is 3.15 bits per heavy atom. The predicted octanol–water partition coefficient (Wildman–Crippen LogP) is 1.28. The number of rotatable bonds is 0. The Bertz CT molecular complexity index is 570. The highest BCUT2D eigenvalue weighted by Gasteiger charge is 2.00. The quantitative estimate of drug-likeness (QED) is 0.510. The van der Waals surface area contributed by atoms with Crippen LogP contribution in [0.3, 0.4) is 0 Å². The monoisotopic (exact) mass is 170 g/mol. The van der Waals surface area contributed by atoms with Gasteiger partial charge in [0.2, 0.25) is 0 Å². The number of fused-ring (bicyclic) bond motifs is 3. The Balaban J connectivity index is 2.65. The summed E-state index contributed by atoms with van der Waals surface area (Å²) < 4.78 is 1.89. The summed E-state index contributed by atoms with van der Waals surface area (Å²) in [6.07, 6.45) is 8.87. The molecule has 0 saturated carbocycles. The van der Waals surface area contributed by atoms with Crippen molar-refractivity contribution >= 4 is 16.6 Å². The van der Waals surface area contributed by atoms with Crippen molar-refractivity contribution in [3.05, 3.63) is 37.2 Å². The summed E-state index contributed by atoms with van der Waals surface area (Å²) in [5.41, 5.74) is 1.80. The maximum atomic E-state index is 4.24. The molecule has 0 radical (unpaired) electrons. The number of pyridine rings is 1. The van der Waals surface area contributed by atoms with Gasteiger partial charge in [0.05, 0.1) is 11.7 Å². The van der Waals surface area contributed by atoms with Gasteiger partial charge in [0, 0.05) is 24.0 Å². The van der Waals surface area contributed by atoms with Gasteiger partial charge in [-0.05, 0) is 6.07 Å².